The van der Waals surface area contributed by atoms with Crippen molar-refractivity contribution in [3.8, 4) is 45.4 Å². The Morgan fingerprint density at radius 3 is 1.46 bits per heavy atom. The Balaban J connectivity index is 1.25. The molecule has 0 aliphatic carbocycles. The van der Waals surface area contributed by atoms with Gasteiger partial charge >= 0.3 is 0 Å². The molecule has 0 saturated heterocycles. The largest absolute Gasteiger partial charge is 0.306 e. The topological polar surface area (TPSA) is 56.0 Å². The van der Waals surface area contributed by atoms with E-state index < -0.39 is 0 Å². The van der Waals surface area contributed by atoms with Gasteiger partial charge in [-0.25, -0.2) is 19.9 Å². The van der Waals surface area contributed by atoms with Crippen molar-refractivity contribution in [2.75, 3.05) is 0 Å². The van der Waals surface area contributed by atoms with Crippen molar-refractivity contribution in [2.24, 2.45) is 0 Å². The maximum atomic E-state index is 4.97. The molecular weight excluding hydrogens is 502 g/mol. The van der Waals surface area contributed by atoms with Crippen LogP contribution in [0.2, 0.25) is 0 Å². The van der Waals surface area contributed by atoms with Crippen LogP contribution in [0.25, 0.3) is 72.6 Å². The van der Waals surface area contributed by atoms with Crippen molar-refractivity contribution in [1.82, 2.24) is 24.3 Å². The molecule has 8 aromatic rings. The zero-order valence-electron chi connectivity index (χ0n) is 22.0. The van der Waals surface area contributed by atoms with Crippen LogP contribution in [-0.4, -0.2) is 24.3 Å². The summed E-state index contributed by atoms with van der Waals surface area (Å²) in [4.78, 5) is 19.7. The zero-order valence-corrected chi connectivity index (χ0v) is 22.0. The average Bonchev–Trinajstić information content (AvgIpc) is 3.49. The molecule has 0 amide bonds. The van der Waals surface area contributed by atoms with Gasteiger partial charge in [-0.3, -0.25) is 0 Å². The number of rotatable bonds is 4. The van der Waals surface area contributed by atoms with Crippen LogP contribution < -0.4 is 0 Å². The molecule has 0 aliphatic heterocycles. The highest BCUT2D eigenvalue weighted by atomic mass is 15.0. The fraction of sp³-hybridized carbons (Fsp3) is 0. The van der Waals surface area contributed by atoms with Gasteiger partial charge in [0.1, 0.15) is 5.65 Å². The molecule has 3 aromatic heterocycles. The van der Waals surface area contributed by atoms with Crippen LogP contribution in [0.4, 0.5) is 0 Å². The normalized spacial score (nSPS) is 11.4. The van der Waals surface area contributed by atoms with E-state index in [-0.39, 0.29) is 0 Å². The number of hydrogen-bond donors (Lipinski definition) is 0. The van der Waals surface area contributed by atoms with Crippen LogP contribution in [-0.2, 0) is 0 Å². The fourth-order valence-corrected chi connectivity index (χ4v) is 5.28. The molecule has 8 rings (SSSR count). The third kappa shape index (κ3) is 4.30. The zero-order chi connectivity index (χ0) is 27.2. The second-order valence-corrected chi connectivity index (χ2v) is 10.1. The number of aromatic nitrogens is 5. The first kappa shape index (κ1) is 23.2. The molecular formula is C36H23N5. The minimum atomic E-state index is 0.632. The third-order valence-electron chi connectivity index (χ3n) is 7.45. The van der Waals surface area contributed by atoms with Crippen molar-refractivity contribution in [3.63, 3.8) is 0 Å². The van der Waals surface area contributed by atoms with Crippen molar-refractivity contribution in [2.45, 2.75) is 0 Å². The predicted octanol–water partition coefficient (Wildman–Crippen LogP) is 8.49. The molecule has 0 radical (unpaired) electrons. The van der Waals surface area contributed by atoms with Gasteiger partial charge in [0.05, 0.1) is 5.69 Å². The summed E-state index contributed by atoms with van der Waals surface area (Å²) < 4.78 is 2.03. The van der Waals surface area contributed by atoms with Gasteiger partial charge in [-0.2, -0.15) is 0 Å². The first-order chi connectivity index (χ1) is 20.3. The van der Waals surface area contributed by atoms with Crippen molar-refractivity contribution < 1.29 is 0 Å². The number of pyridine rings is 1. The van der Waals surface area contributed by atoms with E-state index in [1.165, 1.54) is 10.8 Å². The molecule has 0 N–H and O–H groups in total. The van der Waals surface area contributed by atoms with E-state index in [2.05, 4.69) is 109 Å². The van der Waals surface area contributed by atoms with Crippen LogP contribution in [0.3, 0.4) is 0 Å². The first-order valence-electron chi connectivity index (χ1n) is 13.6. The number of fused-ring (bicyclic) bond motifs is 3. The maximum Gasteiger partial charge on any atom is 0.164 e. The van der Waals surface area contributed by atoms with Crippen LogP contribution in [0, 0.1) is 0 Å². The SMILES string of the molecule is c1ccc2cc(-c3nc(-c4ccc(-c5cn6ccccc6n5)cc4)nc(-c4ccc5ccccc5c4)n3)ccc2c1. The minimum Gasteiger partial charge on any atom is -0.306 e. The Morgan fingerprint density at radius 1 is 0.390 bits per heavy atom. The molecule has 5 nitrogen and oxygen atoms in total. The molecule has 5 heteroatoms. The summed E-state index contributed by atoms with van der Waals surface area (Å²) in [6.45, 7) is 0. The molecule has 0 bridgehead atoms. The lowest BCUT2D eigenvalue weighted by Crippen LogP contribution is -2.00. The Kier molecular flexibility index (Phi) is 5.38. The molecule has 5 aromatic carbocycles. The van der Waals surface area contributed by atoms with E-state index >= 15 is 0 Å². The standard InChI is InChI=1S/C36H23N5/c1-3-9-28-21-30(18-12-24(28)7-1)35-38-34(39-36(40-35)31-19-13-25-8-2-4-10-29(25)22-31)27-16-14-26(15-17-27)32-23-41-20-6-5-11-33(41)37-32/h1-23H. The van der Waals surface area contributed by atoms with Crippen molar-refractivity contribution in [1.29, 1.82) is 0 Å². The summed E-state index contributed by atoms with van der Waals surface area (Å²) >= 11 is 0. The molecule has 192 valence electrons. The summed E-state index contributed by atoms with van der Waals surface area (Å²) in [5, 5.41) is 4.66. The summed E-state index contributed by atoms with van der Waals surface area (Å²) in [5.41, 5.74) is 5.71. The maximum absolute atomic E-state index is 4.97. The Labute approximate surface area is 236 Å². The third-order valence-corrected chi connectivity index (χ3v) is 7.45. The average molecular weight is 526 g/mol. The summed E-state index contributed by atoms with van der Waals surface area (Å²) in [6, 6.07) is 43.6. The summed E-state index contributed by atoms with van der Waals surface area (Å²) in [7, 11) is 0. The highest BCUT2D eigenvalue weighted by molar-refractivity contribution is 5.88. The highest BCUT2D eigenvalue weighted by Crippen LogP contribution is 2.29. The van der Waals surface area contributed by atoms with Gasteiger partial charge in [-0.15, -0.1) is 0 Å². The van der Waals surface area contributed by atoms with Crippen LogP contribution in [0.15, 0.2) is 140 Å². The molecule has 41 heavy (non-hydrogen) atoms. The number of hydrogen-bond acceptors (Lipinski definition) is 4. The number of benzene rings is 5. The Bertz CT molecular complexity index is 2080. The van der Waals surface area contributed by atoms with E-state index in [4.69, 9.17) is 19.9 Å². The monoisotopic (exact) mass is 525 g/mol. The Hall–Kier alpha value is -5.68. The molecule has 0 saturated carbocycles. The van der Waals surface area contributed by atoms with Gasteiger partial charge in [0, 0.05) is 34.6 Å². The molecule has 0 aliphatic rings. The van der Waals surface area contributed by atoms with E-state index in [0.29, 0.717) is 17.5 Å². The first-order valence-corrected chi connectivity index (χ1v) is 13.6. The summed E-state index contributed by atoms with van der Waals surface area (Å²) in [6.07, 6.45) is 4.05. The molecule has 0 unspecified atom stereocenters. The lowest BCUT2D eigenvalue weighted by Gasteiger charge is -2.10. The molecule has 0 fully saturated rings. The van der Waals surface area contributed by atoms with Gasteiger partial charge in [0.15, 0.2) is 17.5 Å². The smallest absolute Gasteiger partial charge is 0.164 e. The summed E-state index contributed by atoms with van der Waals surface area (Å²) in [5.74, 6) is 1.93. The quantitative estimate of drug-likeness (QED) is 0.231. The van der Waals surface area contributed by atoms with Gasteiger partial charge in [0.25, 0.3) is 0 Å². The second-order valence-electron chi connectivity index (χ2n) is 10.1. The van der Waals surface area contributed by atoms with Crippen molar-refractivity contribution in [3.05, 3.63) is 140 Å². The molecule has 0 spiro atoms. The molecule has 3 heterocycles. The number of nitrogens with zero attached hydrogens (tertiary/aromatic N) is 5. The predicted molar refractivity (Wildman–Crippen MR) is 165 cm³/mol. The van der Waals surface area contributed by atoms with Gasteiger partial charge in [-0.1, -0.05) is 103 Å². The Morgan fingerprint density at radius 2 is 0.878 bits per heavy atom. The van der Waals surface area contributed by atoms with E-state index in [1.54, 1.807) is 0 Å². The fourth-order valence-electron chi connectivity index (χ4n) is 5.28. The second kappa shape index (κ2) is 9.50. The minimum absolute atomic E-state index is 0.632. The van der Waals surface area contributed by atoms with Crippen molar-refractivity contribution >= 4 is 27.2 Å². The van der Waals surface area contributed by atoms with Crippen LogP contribution >= 0.6 is 0 Å². The van der Waals surface area contributed by atoms with Gasteiger partial charge in [-0.05, 0) is 45.8 Å². The lowest BCUT2D eigenvalue weighted by molar-refractivity contribution is 1.08. The lowest BCUT2D eigenvalue weighted by atomic mass is 10.1. The highest BCUT2D eigenvalue weighted by Gasteiger charge is 2.14. The van der Waals surface area contributed by atoms with Crippen LogP contribution in [0.1, 0.15) is 0 Å². The molecule has 0 atom stereocenters. The van der Waals surface area contributed by atoms with E-state index in [1.807, 2.05) is 35.0 Å². The van der Waals surface area contributed by atoms with E-state index in [9.17, 15) is 0 Å². The number of imidazole rings is 1. The van der Waals surface area contributed by atoms with Gasteiger partial charge in [0.2, 0.25) is 0 Å². The van der Waals surface area contributed by atoms with Gasteiger partial charge < -0.3 is 4.40 Å². The van der Waals surface area contributed by atoms with Crippen LogP contribution in [0.5, 0.6) is 0 Å². The van der Waals surface area contributed by atoms with E-state index in [0.717, 1.165) is 44.4 Å².